The lowest BCUT2D eigenvalue weighted by atomic mass is 10.1. The normalized spacial score (nSPS) is 15.4. The van der Waals surface area contributed by atoms with Gasteiger partial charge in [0.2, 0.25) is 0 Å². The summed E-state index contributed by atoms with van der Waals surface area (Å²) in [6.45, 7) is 4.90. The molecular formula is C18H19NO5S. The van der Waals surface area contributed by atoms with Crippen LogP contribution in [0.15, 0.2) is 28.6 Å². The van der Waals surface area contributed by atoms with E-state index in [9.17, 15) is 14.4 Å². The minimum absolute atomic E-state index is 0.132. The number of carbonyl (C=O) groups is 3. The van der Waals surface area contributed by atoms with Crippen LogP contribution in [0.1, 0.15) is 23.6 Å². The maximum Gasteiger partial charge on any atom is 0.325 e. The SMILES string of the molecule is COC(=O)CN1C=CSC(=Cc2cc(C)c(OC(C)=O)c(C)c2)C1=O. The molecule has 1 amide bonds. The van der Waals surface area contributed by atoms with Crippen LogP contribution in [0.5, 0.6) is 5.75 Å². The van der Waals surface area contributed by atoms with Crippen LogP contribution in [0.25, 0.3) is 6.08 Å². The lowest BCUT2D eigenvalue weighted by molar-refractivity contribution is -0.144. The monoisotopic (exact) mass is 361 g/mol. The van der Waals surface area contributed by atoms with Gasteiger partial charge in [-0.2, -0.15) is 0 Å². The maximum atomic E-state index is 12.5. The van der Waals surface area contributed by atoms with E-state index in [0.717, 1.165) is 16.7 Å². The molecule has 1 aromatic carbocycles. The van der Waals surface area contributed by atoms with Crippen molar-refractivity contribution in [1.29, 1.82) is 0 Å². The molecule has 1 aliphatic heterocycles. The first-order valence-corrected chi connectivity index (χ1v) is 8.42. The van der Waals surface area contributed by atoms with Crippen molar-refractivity contribution in [3.63, 3.8) is 0 Å². The van der Waals surface area contributed by atoms with Gasteiger partial charge < -0.3 is 14.4 Å². The van der Waals surface area contributed by atoms with Crippen molar-refractivity contribution >= 4 is 35.7 Å². The van der Waals surface area contributed by atoms with E-state index in [-0.39, 0.29) is 18.4 Å². The number of ether oxygens (including phenoxy) is 2. The van der Waals surface area contributed by atoms with E-state index in [1.807, 2.05) is 26.0 Å². The number of esters is 2. The van der Waals surface area contributed by atoms with Crippen LogP contribution >= 0.6 is 11.8 Å². The smallest absolute Gasteiger partial charge is 0.325 e. The Morgan fingerprint density at radius 3 is 2.44 bits per heavy atom. The van der Waals surface area contributed by atoms with Crippen molar-refractivity contribution in [2.24, 2.45) is 0 Å². The van der Waals surface area contributed by atoms with Gasteiger partial charge in [0.1, 0.15) is 12.3 Å². The first kappa shape index (κ1) is 18.8. The lowest BCUT2D eigenvalue weighted by Gasteiger charge is -2.21. The summed E-state index contributed by atoms with van der Waals surface area (Å²) in [5.41, 5.74) is 2.42. The minimum Gasteiger partial charge on any atom is -0.468 e. The molecule has 132 valence electrons. The fourth-order valence-electron chi connectivity index (χ4n) is 2.38. The van der Waals surface area contributed by atoms with E-state index in [1.165, 1.54) is 30.7 Å². The first-order chi connectivity index (χ1) is 11.8. The number of hydrogen-bond acceptors (Lipinski definition) is 6. The zero-order chi connectivity index (χ0) is 18.6. The molecule has 0 bridgehead atoms. The number of amides is 1. The maximum absolute atomic E-state index is 12.5. The van der Waals surface area contributed by atoms with E-state index in [4.69, 9.17) is 4.74 Å². The number of rotatable bonds is 4. The van der Waals surface area contributed by atoms with E-state index < -0.39 is 5.97 Å². The average Bonchev–Trinajstić information content (AvgIpc) is 2.54. The first-order valence-electron chi connectivity index (χ1n) is 7.54. The van der Waals surface area contributed by atoms with E-state index >= 15 is 0 Å². The van der Waals surface area contributed by atoms with Gasteiger partial charge >= 0.3 is 11.9 Å². The largest absolute Gasteiger partial charge is 0.468 e. The zero-order valence-corrected chi connectivity index (χ0v) is 15.3. The predicted molar refractivity (Wildman–Crippen MR) is 95.7 cm³/mol. The molecule has 1 aromatic rings. The summed E-state index contributed by atoms with van der Waals surface area (Å²) in [7, 11) is 1.28. The van der Waals surface area contributed by atoms with Crippen LogP contribution < -0.4 is 4.74 Å². The summed E-state index contributed by atoms with van der Waals surface area (Å²) in [6.07, 6.45) is 3.31. The molecule has 0 fully saturated rings. The van der Waals surface area contributed by atoms with Crippen LogP contribution in [-0.2, 0) is 19.1 Å². The molecule has 0 N–H and O–H groups in total. The van der Waals surface area contributed by atoms with Crippen molar-refractivity contribution in [3.05, 3.63) is 45.3 Å². The summed E-state index contributed by atoms with van der Waals surface area (Å²) < 4.78 is 9.81. The van der Waals surface area contributed by atoms with Gasteiger partial charge in [0, 0.05) is 13.1 Å². The van der Waals surface area contributed by atoms with E-state index in [1.54, 1.807) is 17.7 Å². The van der Waals surface area contributed by atoms with Crippen molar-refractivity contribution in [3.8, 4) is 5.75 Å². The van der Waals surface area contributed by atoms with Crippen LogP contribution in [-0.4, -0.2) is 36.4 Å². The highest BCUT2D eigenvalue weighted by Crippen LogP contribution is 2.30. The Hall–Kier alpha value is -2.54. The van der Waals surface area contributed by atoms with Gasteiger partial charge in [-0.05, 0) is 54.2 Å². The summed E-state index contributed by atoms with van der Waals surface area (Å²) >= 11 is 1.28. The zero-order valence-electron chi connectivity index (χ0n) is 14.5. The highest BCUT2D eigenvalue weighted by atomic mass is 32.2. The van der Waals surface area contributed by atoms with Gasteiger partial charge in [0.05, 0.1) is 12.0 Å². The third-order valence-corrected chi connectivity index (χ3v) is 4.26. The fraction of sp³-hybridized carbons (Fsp3) is 0.278. The van der Waals surface area contributed by atoms with Crippen LogP contribution in [0.3, 0.4) is 0 Å². The predicted octanol–water partition coefficient (Wildman–Crippen LogP) is 2.79. The van der Waals surface area contributed by atoms with Gasteiger partial charge in [0.15, 0.2) is 0 Å². The Kier molecular flexibility index (Phi) is 6.03. The van der Waals surface area contributed by atoms with Crippen LogP contribution in [0.4, 0.5) is 0 Å². The molecular weight excluding hydrogens is 342 g/mol. The van der Waals surface area contributed by atoms with Gasteiger partial charge in [0.25, 0.3) is 5.91 Å². The Labute approximate surface area is 150 Å². The average molecular weight is 361 g/mol. The molecule has 7 heteroatoms. The number of benzene rings is 1. The fourth-order valence-corrected chi connectivity index (χ4v) is 3.16. The van der Waals surface area contributed by atoms with E-state index in [2.05, 4.69) is 4.74 Å². The molecule has 25 heavy (non-hydrogen) atoms. The number of thioether (sulfide) groups is 1. The minimum atomic E-state index is -0.485. The molecule has 0 radical (unpaired) electrons. The molecule has 6 nitrogen and oxygen atoms in total. The molecule has 0 spiro atoms. The third kappa shape index (κ3) is 4.73. The Morgan fingerprint density at radius 1 is 1.24 bits per heavy atom. The number of aryl methyl sites for hydroxylation is 2. The van der Waals surface area contributed by atoms with Crippen LogP contribution in [0.2, 0.25) is 0 Å². The molecule has 0 atom stereocenters. The molecule has 0 unspecified atom stereocenters. The van der Waals surface area contributed by atoms with Crippen molar-refractivity contribution in [1.82, 2.24) is 4.90 Å². The number of hydrogen-bond donors (Lipinski definition) is 0. The van der Waals surface area contributed by atoms with Crippen molar-refractivity contribution in [2.75, 3.05) is 13.7 Å². The molecule has 0 aromatic heterocycles. The summed E-state index contributed by atoms with van der Waals surface area (Å²) in [6, 6.07) is 3.68. The Morgan fingerprint density at radius 2 is 1.88 bits per heavy atom. The summed E-state index contributed by atoms with van der Waals surface area (Å²) in [4.78, 5) is 36.8. The highest BCUT2D eigenvalue weighted by molar-refractivity contribution is 8.06. The second-order valence-electron chi connectivity index (χ2n) is 5.50. The number of nitrogens with zero attached hydrogens (tertiary/aromatic N) is 1. The Bertz CT molecular complexity index is 759. The second kappa shape index (κ2) is 8.02. The van der Waals surface area contributed by atoms with Gasteiger partial charge in [-0.25, -0.2) is 0 Å². The number of carbonyl (C=O) groups excluding carboxylic acids is 3. The Balaban J connectivity index is 2.28. The van der Waals surface area contributed by atoms with Crippen molar-refractivity contribution in [2.45, 2.75) is 20.8 Å². The molecule has 2 rings (SSSR count). The van der Waals surface area contributed by atoms with Crippen LogP contribution in [0, 0.1) is 13.8 Å². The summed E-state index contributed by atoms with van der Waals surface area (Å²) in [5, 5.41) is 1.74. The van der Waals surface area contributed by atoms with Gasteiger partial charge in [-0.1, -0.05) is 11.8 Å². The van der Waals surface area contributed by atoms with E-state index in [0.29, 0.717) is 10.7 Å². The molecule has 0 saturated heterocycles. The lowest BCUT2D eigenvalue weighted by Crippen LogP contribution is -2.33. The topological polar surface area (TPSA) is 72.9 Å². The second-order valence-corrected chi connectivity index (χ2v) is 6.45. The summed E-state index contributed by atoms with van der Waals surface area (Å²) in [5.74, 6) is -0.595. The third-order valence-electron chi connectivity index (χ3n) is 3.46. The highest BCUT2D eigenvalue weighted by Gasteiger charge is 2.23. The molecule has 1 heterocycles. The molecule has 0 aliphatic carbocycles. The standard InChI is InChI=1S/C18H19NO5S/c1-11-7-14(8-12(2)17(11)24-13(3)20)9-15-18(22)19(5-6-25-15)10-16(21)23-4/h5-9H,10H2,1-4H3. The van der Waals surface area contributed by atoms with Gasteiger partial charge in [-0.15, -0.1) is 0 Å². The molecule has 0 saturated carbocycles. The quantitative estimate of drug-likeness (QED) is 0.466. The van der Waals surface area contributed by atoms with Gasteiger partial charge in [-0.3, -0.25) is 14.4 Å². The molecule has 1 aliphatic rings. The number of methoxy groups -OCH3 is 1. The van der Waals surface area contributed by atoms with Crippen molar-refractivity contribution < 1.29 is 23.9 Å².